The fourth-order valence-electron chi connectivity index (χ4n) is 1.58. The Morgan fingerprint density at radius 3 is 3.00 bits per heavy atom. The number of aliphatic hydroxyl groups is 1. The van der Waals surface area contributed by atoms with E-state index in [9.17, 15) is 8.42 Å². The standard InChI is InChI=1S/C9H14N2O3S2/c12-5-8-3-9(4-10-8)16(13,14)11-7-1-2-15-6-7/h3-4,7,10-12H,1-2,5-6H2. The first-order chi connectivity index (χ1) is 7.62. The van der Waals surface area contributed by atoms with E-state index in [1.54, 1.807) is 11.8 Å². The lowest BCUT2D eigenvalue weighted by molar-refractivity contribution is 0.277. The number of hydrogen-bond acceptors (Lipinski definition) is 4. The number of thioether (sulfide) groups is 1. The van der Waals surface area contributed by atoms with Crippen molar-refractivity contribution in [1.29, 1.82) is 0 Å². The van der Waals surface area contributed by atoms with E-state index < -0.39 is 10.0 Å². The van der Waals surface area contributed by atoms with Crippen LogP contribution >= 0.6 is 11.8 Å². The monoisotopic (exact) mass is 262 g/mol. The minimum Gasteiger partial charge on any atom is -0.390 e. The summed E-state index contributed by atoms with van der Waals surface area (Å²) in [5.74, 6) is 1.83. The lowest BCUT2D eigenvalue weighted by Crippen LogP contribution is -2.34. The smallest absolute Gasteiger partial charge is 0.242 e. The molecule has 2 rings (SSSR count). The van der Waals surface area contributed by atoms with Crippen LogP contribution in [0.2, 0.25) is 0 Å². The molecule has 0 saturated carbocycles. The van der Waals surface area contributed by atoms with E-state index in [2.05, 4.69) is 9.71 Å². The molecule has 1 aliphatic heterocycles. The van der Waals surface area contributed by atoms with Gasteiger partial charge in [-0.2, -0.15) is 11.8 Å². The van der Waals surface area contributed by atoms with Gasteiger partial charge in [0, 0.05) is 23.7 Å². The highest BCUT2D eigenvalue weighted by Gasteiger charge is 2.23. The third-order valence-electron chi connectivity index (χ3n) is 2.45. The van der Waals surface area contributed by atoms with E-state index >= 15 is 0 Å². The fraction of sp³-hybridized carbons (Fsp3) is 0.556. The van der Waals surface area contributed by atoms with Gasteiger partial charge >= 0.3 is 0 Å². The average Bonchev–Trinajstić information content (AvgIpc) is 2.85. The van der Waals surface area contributed by atoms with Crippen LogP contribution in [0.3, 0.4) is 0 Å². The summed E-state index contributed by atoms with van der Waals surface area (Å²) in [5, 5.41) is 8.85. The van der Waals surface area contributed by atoms with Gasteiger partial charge in [-0.15, -0.1) is 0 Å². The molecule has 16 heavy (non-hydrogen) atoms. The zero-order valence-corrected chi connectivity index (χ0v) is 10.3. The molecule has 1 aromatic rings. The number of aromatic nitrogens is 1. The average molecular weight is 262 g/mol. The summed E-state index contributed by atoms with van der Waals surface area (Å²) in [6.07, 6.45) is 2.27. The molecule has 1 fully saturated rings. The van der Waals surface area contributed by atoms with E-state index in [4.69, 9.17) is 5.11 Å². The number of aromatic amines is 1. The first-order valence-electron chi connectivity index (χ1n) is 5.00. The van der Waals surface area contributed by atoms with Crippen molar-refractivity contribution in [2.45, 2.75) is 24.0 Å². The topological polar surface area (TPSA) is 82.2 Å². The number of rotatable bonds is 4. The van der Waals surface area contributed by atoms with Gasteiger partial charge in [-0.05, 0) is 18.2 Å². The van der Waals surface area contributed by atoms with Crippen molar-refractivity contribution in [2.75, 3.05) is 11.5 Å². The largest absolute Gasteiger partial charge is 0.390 e. The molecule has 1 aromatic heterocycles. The summed E-state index contributed by atoms with van der Waals surface area (Å²) in [6, 6.07) is 1.48. The van der Waals surface area contributed by atoms with E-state index in [-0.39, 0.29) is 17.5 Å². The number of aliphatic hydroxyl groups excluding tert-OH is 1. The van der Waals surface area contributed by atoms with Crippen LogP contribution in [0.5, 0.6) is 0 Å². The molecule has 90 valence electrons. The maximum Gasteiger partial charge on any atom is 0.242 e. The quantitative estimate of drug-likeness (QED) is 0.728. The SMILES string of the molecule is O=S(=O)(NC1CCSC1)c1c[nH]c(CO)c1. The van der Waals surface area contributed by atoms with Gasteiger partial charge in [-0.1, -0.05) is 0 Å². The van der Waals surface area contributed by atoms with Gasteiger partial charge in [0.2, 0.25) is 10.0 Å². The lowest BCUT2D eigenvalue weighted by Gasteiger charge is -2.10. The van der Waals surface area contributed by atoms with Crippen LogP contribution in [-0.2, 0) is 16.6 Å². The number of hydrogen-bond donors (Lipinski definition) is 3. The molecule has 0 radical (unpaired) electrons. The van der Waals surface area contributed by atoms with Crippen molar-refractivity contribution < 1.29 is 13.5 Å². The van der Waals surface area contributed by atoms with Crippen molar-refractivity contribution in [2.24, 2.45) is 0 Å². The molecular formula is C9H14N2O3S2. The lowest BCUT2D eigenvalue weighted by atomic mass is 10.3. The predicted molar refractivity (Wildman–Crippen MR) is 62.8 cm³/mol. The predicted octanol–water partition coefficient (Wildman–Crippen LogP) is 0.291. The summed E-state index contributed by atoms with van der Waals surface area (Å²) in [7, 11) is -3.44. The second kappa shape index (κ2) is 4.79. The number of sulfonamides is 1. The normalized spacial score (nSPS) is 21.4. The fourth-order valence-corrected chi connectivity index (χ4v) is 4.13. The van der Waals surface area contributed by atoms with E-state index in [0.29, 0.717) is 5.69 Å². The third-order valence-corrected chi connectivity index (χ3v) is 5.11. The summed E-state index contributed by atoms with van der Waals surface area (Å²) in [6.45, 7) is -0.186. The van der Waals surface area contributed by atoms with Gasteiger partial charge in [0.1, 0.15) is 0 Å². The molecule has 0 amide bonds. The van der Waals surface area contributed by atoms with Crippen LogP contribution in [0.1, 0.15) is 12.1 Å². The Bertz CT molecular complexity index is 449. The Morgan fingerprint density at radius 1 is 1.62 bits per heavy atom. The van der Waals surface area contributed by atoms with Crippen LogP contribution in [0.15, 0.2) is 17.2 Å². The van der Waals surface area contributed by atoms with Gasteiger partial charge in [-0.25, -0.2) is 13.1 Å². The molecule has 3 N–H and O–H groups in total. The number of H-pyrrole nitrogens is 1. The van der Waals surface area contributed by atoms with E-state index in [1.165, 1.54) is 12.3 Å². The van der Waals surface area contributed by atoms with E-state index in [1.807, 2.05) is 0 Å². The molecule has 0 spiro atoms. The molecule has 1 saturated heterocycles. The first-order valence-corrected chi connectivity index (χ1v) is 7.64. The molecule has 1 atom stereocenters. The highest BCUT2D eigenvalue weighted by Crippen LogP contribution is 2.19. The van der Waals surface area contributed by atoms with Gasteiger partial charge < -0.3 is 10.1 Å². The van der Waals surface area contributed by atoms with Crippen molar-refractivity contribution >= 4 is 21.8 Å². The van der Waals surface area contributed by atoms with Crippen molar-refractivity contribution in [1.82, 2.24) is 9.71 Å². The van der Waals surface area contributed by atoms with Crippen molar-refractivity contribution in [3.63, 3.8) is 0 Å². The second-order valence-electron chi connectivity index (χ2n) is 3.70. The second-order valence-corrected chi connectivity index (χ2v) is 6.56. The minimum atomic E-state index is -3.44. The summed E-state index contributed by atoms with van der Waals surface area (Å²) in [5.41, 5.74) is 0.501. The van der Waals surface area contributed by atoms with Gasteiger partial charge in [0.15, 0.2) is 0 Å². The molecule has 0 bridgehead atoms. The first kappa shape index (κ1) is 12.0. The van der Waals surface area contributed by atoms with Crippen LogP contribution in [0.25, 0.3) is 0 Å². The molecule has 2 heterocycles. The summed E-state index contributed by atoms with van der Waals surface area (Å²) in [4.78, 5) is 2.90. The van der Waals surface area contributed by atoms with Gasteiger partial charge in [0.25, 0.3) is 0 Å². The molecule has 1 aliphatic rings. The Kier molecular flexibility index (Phi) is 3.58. The van der Waals surface area contributed by atoms with Crippen molar-refractivity contribution in [3.8, 4) is 0 Å². The maximum atomic E-state index is 11.9. The van der Waals surface area contributed by atoms with E-state index in [0.717, 1.165) is 17.9 Å². The Labute approximate surface area is 98.7 Å². The highest BCUT2D eigenvalue weighted by atomic mass is 32.2. The summed E-state index contributed by atoms with van der Waals surface area (Å²) < 4.78 is 26.4. The molecule has 5 nitrogen and oxygen atoms in total. The van der Waals surface area contributed by atoms with Gasteiger partial charge in [-0.3, -0.25) is 0 Å². The van der Waals surface area contributed by atoms with Crippen LogP contribution in [0.4, 0.5) is 0 Å². The Morgan fingerprint density at radius 2 is 2.44 bits per heavy atom. The Hall–Kier alpha value is -0.500. The molecule has 1 unspecified atom stereocenters. The maximum absolute atomic E-state index is 11.9. The third kappa shape index (κ3) is 2.60. The van der Waals surface area contributed by atoms with Gasteiger partial charge in [0.05, 0.1) is 11.5 Å². The number of nitrogens with one attached hydrogen (secondary N) is 2. The summed E-state index contributed by atoms with van der Waals surface area (Å²) >= 11 is 1.75. The molecular weight excluding hydrogens is 248 g/mol. The van der Waals surface area contributed by atoms with Crippen molar-refractivity contribution in [3.05, 3.63) is 18.0 Å². The Balaban J connectivity index is 2.11. The van der Waals surface area contributed by atoms with Crippen LogP contribution < -0.4 is 4.72 Å². The zero-order valence-electron chi connectivity index (χ0n) is 8.64. The van der Waals surface area contributed by atoms with Crippen LogP contribution in [-0.4, -0.2) is 36.1 Å². The zero-order chi connectivity index (χ0) is 11.6. The molecule has 0 aliphatic carbocycles. The molecule has 7 heteroatoms. The van der Waals surface area contributed by atoms with Crippen LogP contribution in [0, 0.1) is 0 Å². The minimum absolute atomic E-state index is 0.0301. The highest BCUT2D eigenvalue weighted by molar-refractivity contribution is 7.99. The molecule has 0 aromatic carbocycles.